The highest BCUT2D eigenvalue weighted by molar-refractivity contribution is 6.02. The summed E-state index contributed by atoms with van der Waals surface area (Å²) >= 11 is 0. The molecule has 0 atom stereocenters. The maximum Gasteiger partial charge on any atom is 0.323 e. The van der Waals surface area contributed by atoms with Gasteiger partial charge in [-0.05, 0) is 50.2 Å². The molecule has 1 fully saturated rings. The molecule has 2 aromatic carbocycles. The summed E-state index contributed by atoms with van der Waals surface area (Å²) in [7, 11) is 0. The van der Waals surface area contributed by atoms with Crippen LogP contribution in [0.4, 0.5) is 16.2 Å². The molecule has 1 aliphatic rings. The minimum absolute atomic E-state index is 0.313. The number of rotatable bonds is 7. The number of benzene rings is 2. The van der Waals surface area contributed by atoms with Crippen molar-refractivity contribution in [3.8, 4) is 17.0 Å². The van der Waals surface area contributed by atoms with Crippen LogP contribution in [0.25, 0.3) is 11.3 Å². The number of urea groups is 1. The second-order valence-electron chi connectivity index (χ2n) is 7.37. The Kier molecular flexibility index (Phi) is 6.61. The highest BCUT2D eigenvalue weighted by Crippen LogP contribution is 2.26. The van der Waals surface area contributed by atoms with Gasteiger partial charge in [-0.1, -0.05) is 30.7 Å². The minimum Gasteiger partial charge on any atom is -0.492 e. The molecule has 3 N–H and O–H groups in total. The maximum absolute atomic E-state index is 12.5. The zero-order valence-corrected chi connectivity index (χ0v) is 16.9. The van der Waals surface area contributed by atoms with Gasteiger partial charge < -0.3 is 15.4 Å². The number of ether oxygens (including phenoxy) is 1. The number of likely N-dealkylation sites (tertiary alicyclic amines) is 1. The normalized spacial score (nSPS) is 14.3. The zero-order valence-electron chi connectivity index (χ0n) is 16.9. The number of para-hydroxylation sites is 1. The van der Waals surface area contributed by atoms with E-state index >= 15 is 0 Å². The lowest BCUT2D eigenvalue weighted by atomic mass is 10.1. The summed E-state index contributed by atoms with van der Waals surface area (Å²) in [5.74, 6) is 0.752. The van der Waals surface area contributed by atoms with Gasteiger partial charge in [-0.15, -0.1) is 0 Å². The standard InChI is InChI=1S/C23H27N5O2/c29-23(26-21-10-3-2-9-20(21)22-11-12-24-27-22)25-18-7-6-8-19(17-18)30-16-15-28-13-4-1-5-14-28/h2-3,6-12,17H,1,4-5,13-16H2,(H,24,27)(H2,25,26,29). The van der Waals surface area contributed by atoms with Gasteiger partial charge in [0.1, 0.15) is 12.4 Å². The van der Waals surface area contributed by atoms with Crippen LogP contribution < -0.4 is 15.4 Å². The van der Waals surface area contributed by atoms with E-state index in [4.69, 9.17) is 4.74 Å². The highest BCUT2D eigenvalue weighted by atomic mass is 16.5. The Morgan fingerprint density at radius 2 is 1.90 bits per heavy atom. The average Bonchev–Trinajstić information content (AvgIpc) is 3.30. The predicted molar refractivity (Wildman–Crippen MR) is 119 cm³/mol. The third-order valence-electron chi connectivity index (χ3n) is 5.18. The quantitative estimate of drug-likeness (QED) is 0.537. The zero-order chi connectivity index (χ0) is 20.6. The van der Waals surface area contributed by atoms with Gasteiger partial charge in [0.25, 0.3) is 0 Å². The minimum atomic E-state index is -0.313. The van der Waals surface area contributed by atoms with Gasteiger partial charge in [0.2, 0.25) is 0 Å². The number of aromatic nitrogens is 2. The van der Waals surface area contributed by atoms with Crippen LogP contribution in [0.15, 0.2) is 60.8 Å². The number of carbonyl (C=O) groups excluding carboxylic acids is 1. The molecule has 2 heterocycles. The molecule has 3 aromatic rings. The van der Waals surface area contributed by atoms with Crippen molar-refractivity contribution in [1.82, 2.24) is 15.1 Å². The van der Waals surface area contributed by atoms with Crippen molar-refractivity contribution in [2.75, 3.05) is 36.9 Å². The molecule has 1 aromatic heterocycles. The molecule has 0 aliphatic carbocycles. The fourth-order valence-corrected chi connectivity index (χ4v) is 3.66. The van der Waals surface area contributed by atoms with Gasteiger partial charge >= 0.3 is 6.03 Å². The van der Waals surface area contributed by atoms with Crippen molar-refractivity contribution >= 4 is 17.4 Å². The number of carbonyl (C=O) groups is 1. The third-order valence-corrected chi connectivity index (χ3v) is 5.18. The van der Waals surface area contributed by atoms with E-state index in [1.54, 1.807) is 6.20 Å². The number of nitrogens with zero attached hydrogens (tertiary/aromatic N) is 2. The lowest BCUT2D eigenvalue weighted by Crippen LogP contribution is -2.33. The number of hydrogen-bond acceptors (Lipinski definition) is 4. The van der Waals surface area contributed by atoms with E-state index in [-0.39, 0.29) is 6.03 Å². The number of aromatic amines is 1. The van der Waals surface area contributed by atoms with Crippen LogP contribution in [-0.4, -0.2) is 47.4 Å². The molecule has 0 unspecified atom stereocenters. The van der Waals surface area contributed by atoms with Crippen molar-refractivity contribution in [3.05, 3.63) is 60.8 Å². The molecule has 1 aliphatic heterocycles. The molecule has 30 heavy (non-hydrogen) atoms. The van der Waals surface area contributed by atoms with Crippen molar-refractivity contribution < 1.29 is 9.53 Å². The van der Waals surface area contributed by atoms with E-state index in [1.165, 1.54) is 19.3 Å². The van der Waals surface area contributed by atoms with Gasteiger partial charge in [-0.2, -0.15) is 5.10 Å². The van der Waals surface area contributed by atoms with E-state index in [9.17, 15) is 4.79 Å². The van der Waals surface area contributed by atoms with Crippen LogP contribution in [-0.2, 0) is 0 Å². The van der Waals surface area contributed by atoms with Gasteiger partial charge in [-0.3, -0.25) is 10.00 Å². The first-order valence-corrected chi connectivity index (χ1v) is 10.4. The first kappa shape index (κ1) is 20.0. The first-order valence-electron chi connectivity index (χ1n) is 10.4. The molecule has 0 spiro atoms. The molecule has 0 radical (unpaired) electrons. The molecule has 1 saturated heterocycles. The number of piperidine rings is 1. The van der Waals surface area contributed by atoms with Crippen LogP contribution in [0, 0.1) is 0 Å². The molecule has 0 bridgehead atoms. The molecule has 156 valence electrons. The summed E-state index contributed by atoms with van der Waals surface area (Å²) in [6.07, 6.45) is 5.57. The Morgan fingerprint density at radius 3 is 2.73 bits per heavy atom. The Bertz CT molecular complexity index is 952. The number of nitrogens with one attached hydrogen (secondary N) is 3. The van der Waals surface area contributed by atoms with Crippen molar-refractivity contribution in [2.24, 2.45) is 0 Å². The number of H-pyrrole nitrogens is 1. The van der Waals surface area contributed by atoms with E-state index in [0.29, 0.717) is 18.0 Å². The monoisotopic (exact) mass is 405 g/mol. The first-order chi connectivity index (χ1) is 14.8. The Morgan fingerprint density at radius 1 is 1.03 bits per heavy atom. The summed E-state index contributed by atoms with van der Waals surface area (Å²) in [4.78, 5) is 15.0. The summed E-state index contributed by atoms with van der Waals surface area (Å²) in [6, 6.07) is 16.6. The summed E-state index contributed by atoms with van der Waals surface area (Å²) in [5, 5.41) is 12.7. The average molecular weight is 406 g/mol. The lowest BCUT2D eigenvalue weighted by Gasteiger charge is -2.26. The van der Waals surface area contributed by atoms with E-state index in [1.807, 2.05) is 54.6 Å². The highest BCUT2D eigenvalue weighted by Gasteiger charge is 2.11. The van der Waals surface area contributed by atoms with Crippen molar-refractivity contribution in [3.63, 3.8) is 0 Å². The molecular formula is C23H27N5O2. The molecular weight excluding hydrogens is 378 g/mol. The summed E-state index contributed by atoms with van der Waals surface area (Å²) < 4.78 is 5.89. The number of hydrogen-bond donors (Lipinski definition) is 3. The Balaban J connectivity index is 1.32. The number of anilines is 2. The fraction of sp³-hybridized carbons (Fsp3) is 0.304. The Labute approximate surface area is 176 Å². The predicted octanol–water partition coefficient (Wildman–Crippen LogP) is 4.59. The van der Waals surface area contributed by atoms with E-state index in [0.717, 1.165) is 36.6 Å². The topological polar surface area (TPSA) is 82.3 Å². The van der Waals surface area contributed by atoms with E-state index < -0.39 is 0 Å². The number of amides is 2. The van der Waals surface area contributed by atoms with Crippen LogP contribution in [0.2, 0.25) is 0 Å². The van der Waals surface area contributed by atoms with Crippen molar-refractivity contribution in [2.45, 2.75) is 19.3 Å². The lowest BCUT2D eigenvalue weighted by molar-refractivity contribution is 0.183. The van der Waals surface area contributed by atoms with Gasteiger partial charge in [0.05, 0.1) is 11.4 Å². The second-order valence-corrected chi connectivity index (χ2v) is 7.37. The van der Waals surface area contributed by atoms with Gasteiger partial charge in [0.15, 0.2) is 0 Å². The smallest absolute Gasteiger partial charge is 0.323 e. The molecule has 0 saturated carbocycles. The molecule has 7 heteroatoms. The van der Waals surface area contributed by atoms with Crippen LogP contribution in [0.1, 0.15) is 19.3 Å². The molecule has 7 nitrogen and oxygen atoms in total. The van der Waals surface area contributed by atoms with Crippen LogP contribution >= 0.6 is 0 Å². The maximum atomic E-state index is 12.5. The summed E-state index contributed by atoms with van der Waals surface area (Å²) in [6.45, 7) is 3.89. The molecule has 4 rings (SSSR count). The fourth-order valence-electron chi connectivity index (χ4n) is 3.66. The van der Waals surface area contributed by atoms with Crippen LogP contribution in [0.5, 0.6) is 5.75 Å². The Hall–Kier alpha value is -3.32. The van der Waals surface area contributed by atoms with Gasteiger partial charge in [0, 0.05) is 30.1 Å². The van der Waals surface area contributed by atoms with Gasteiger partial charge in [-0.25, -0.2) is 4.79 Å². The van der Waals surface area contributed by atoms with Crippen molar-refractivity contribution in [1.29, 1.82) is 0 Å². The largest absolute Gasteiger partial charge is 0.492 e. The summed E-state index contributed by atoms with van der Waals surface area (Å²) in [5.41, 5.74) is 3.10. The second kappa shape index (κ2) is 9.93. The SMILES string of the molecule is O=C(Nc1cccc(OCCN2CCCCC2)c1)Nc1ccccc1-c1ccn[nH]1. The third kappa shape index (κ3) is 5.39. The van der Waals surface area contributed by atoms with E-state index in [2.05, 4.69) is 25.7 Å². The molecule has 2 amide bonds. The van der Waals surface area contributed by atoms with Crippen LogP contribution in [0.3, 0.4) is 0 Å².